The molecule has 0 unspecified atom stereocenters. The number of anilines is 1. The van der Waals surface area contributed by atoms with Crippen LogP contribution in [-0.2, 0) is 11.4 Å². The summed E-state index contributed by atoms with van der Waals surface area (Å²) in [5.74, 6) is 0.724. The molecule has 0 atom stereocenters. The molecule has 6 nitrogen and oxygen atoms in total. The van der Waals surface area contributed by atoms with Crippen molar-refractivity contribution in [3.05, 3.63) is 17.3 Å². The van der Waals surface area contributed by atoms with Gasteiger partial charge in [0, 0.05) is 38.6 Å². The molecule has 98 valence electrons. The average Bonchev–Trinajstić information content (AvgIpc) is 2.94. The lowest BCUT2D eigenvalue weighted by Gasteiger charge is -2.17. The molecule has 2 heterocycles. The number of hydrogen-bond acceptors (Lipinski definition) is 5. The summed E-state index contributed by atoms with van der Waals surface area (Å²) >= 11 is 1.52. The Hall–Kier alpha value is -1.60. The van der Waals surface area contributed by atoms with Crippen molar-refractivity contribution < 1.29 is 9.90 Å². The first kappa shape index (κ1) is 12.8. The zero-order chi connectivity index (χ0) is 13.1. The zero-order valence-electron chi connectivity index (χ0n) is 10.4. The fraction of sp³-hybridized carbons (Fsp3) is 0.455. The van der Waals surface area contributed by atoms with E-state index in [9.17, 15) is 9.90 Å². The number of nitrogens with zero attached hydrogens (tertiary/aromatic N) is 3. The Kier molecular flexibility index (Phi) is 3.83. The van der Waals surface area contributed by atoms with Gasteiger partial charge in [-0.1, -0.05) is 0 Å². The molecular formula is C11H16N4O2S. The first-order valence-corrected chi connectivity index (χ1v) is 6.52. The number of rotatable bonds is 5. The smallest absolute Gasteiger partial charge is 0.221 e. The molecule has 2 rings (SSSR count). The van der Waals surface area contributed by atoms with Crippen LogP contribution in [0.2, 0.25) is 0 Å². The number of amides is 1. The molecule has 1 amide bonds. The van der Waals surface area contributed by atoms with Gasteiger partial charge in [0.2, 0.25) is 5.91 Å². The lowest BCUT2D eigenvalue weighted by Crippen LogP contribution is -2.27. The summed E-state index contributed by atoms with van der Waals surface area (Å²) in [5, 5.41) is 13.9. The molecule has 2 aromatic heterocycles. The van der Waals surface area contributed by atoms with Crippen molar-refractivity contribution in [1.29, 1.82) is 0 Å². The second-order valence-corrected chi connectivity index (χ2v) is 4.81. The first-order valence-electron chi connectivity index (χ1n) is 5.64. The maximum Gasteiger partial charge on any atom is 0.221 e. The van der Waals surface area contributed by atoms with E-state index >= 15 is 0 Å². The van der Waals surface area contributed by atoms with Gasteiger partial charge < -0.3 is 15.3 Å². The molecule has 0 aliphatic rings. The van der Waals surface area contributed by atoms with Gasteiger partial charge in [0.25, 0.3) is 0 Å². The summed E-state index contributed by atoms with van der Waals surface area (Å²) in [6.07, 6.45) is 2.29. The highest BCUT2D eigenvalue weighted by atomic mass is 32.1. The number of aliphatic hydroxyl groups excluding tert-OH is 1. The zero-order valence-corrected chi connectivity index (χ0v) is 11.2. The van der Waals surface area contributed by atoms with Crippen LogP contribution in [0, 0.1) is 0 Å². The van der Waals surface area contributed by atoms with Crippen molar-refractivity contribution in [3.8, 4) is 0 Å². The number of aromatic nitrogens is 2. The Morgan fingerprint density at radius 3 is 3.11 bits per heavy atom. The lowest BCUT2D eigenvalue weighted by atomic mass is 10.3. The SMILES string of the molecule is CNC(=O)CCN(C)c1nc2sccn2c1CO. The molecule has 18 heavy (non-hydrogen) atoms. The van der Waals surface area contributed by atoms with Crippen molar-refractivity contribution in [2.24, 2.45) is 0 Å². The van der Waals surface area contributed by atoms with Gasteiger partial charge in [0.15, 0.2) is 10.8 Å². The lowest BCUT2D eigenvalue weighted by molar-refractivity contribution is -0.120. The number of nitrogens with one attached hydrogen (secondary N) is 1. The Morgan fingerprint density at radius 2 is 2.44 bits per heavy atom. The van der Waals surface area contributed by atoms with Gasteiger partial charge in [0.1, 0.15) is 0 Å². The summed E-state index contributed by atoms with van der Waals surface area (Å²) in [7, 11) is 3.49. The molecule has 0 fully saturated rings. The number of hydrogen-bond donors (Lipinski definition) is 2. The van der Waals surface area contributed by atoms with Crippen LogP contribution >= 0.6 is 11.3 Å². The minimum absolute atomic E-state index is 0.00609. The highest BCUT2D eigenvalue weighted by Crippen LogP contribution is 2.23. The van der Waals surface area contributed by atoms with E-state index in [4.69, 9.17) is 0 Å². The molecule has 0 aromatic carbocycles. The second kappa shape index (κ2) is 5.36. The van der Waals surface area contributed by atoms with E-state index in [0.29, 0.717) is 13.0 Å². The second-order valence-electron chi connectivity index (χ2n) is 3.94. The Bertz CT molecular complexity index is 548. The molecular weight excluding hydrogens is 252 g/mol. The molecule has 0 bridgehead atoms. The monoisotopic (exact) mass is 268 g/mol. The third-order valence-corrected chi connectivity index (χ3v) is 3.56. The maximum absolute atomic E-state index is 11.2. The number of carbonyl (C=O) groups excluding carboxylic acids is 1. The van der Waals surface area contributed by atoms with Gasteiger partial charge in [-0.2, -0.15) is 0 Å². The third kappa shape index (κ3) is 2.32. The van der Waals surface area contributed by atoms with Gasteiger partial charge in [0.05, 0.1) is 12.3 Å². The molecule has 2 aromatic rings. The summed E-state index contributed by atoms with van der Waals surface area (Å²) in [6.45, 7) is 0.495. The highest BCUT2D eigenvalue weighted by Gasteiger charge is 2.16. The van der Waals surface area contributed by atoms with E-state index < -0.39 is 0 Å². The predicted octanol–water partition coefficient (Wildman–Crippen LogP) is 0.460. The summed E-state index contributed by atoms with van der Waals surface area (Å²) in [5.41, 5.74) is 0.755. The Labute approximate surface area is 109 Å². The molecule has 0 spiro atoms. The standard InChI is InChI=1S/C11H16N4O2S/c1-12-9(17)3-4-14(2)10-8(7-16)15-5-6-18-11(15)13-10/h5-6,16H,3-4,7H2,1-2H3,(H,12,17). The third-order valence-electron chi connectivity index (χ3n) is 2.80. The van der Waals surface area contributed by atoms with E-state index in [1.54, 1.807) is 7.05 Å². The Morgan fingerprint density at radius 1 is 1.67 bits per heavy atom. The van der Waals surface area contributed by atoms with Crippen LogP contribution in [0.4, 0.5) is 5.82 Å². The van der Waals surface area contributed by atoms with E-state index in [2.05, 4.69) is 10.3 Å². The van der Waals surface area contributed by atoms with Crippen LogP contribution in [0.25, 0.3) is 4.96 Å². The largest absolute Gasteiger partial charge is 0.390 e. The number of imidazole rings is 1. The number of carbonyl (C=O) groups is 1. The van der Waals surface area contributed by atoms with E-state index in [-0.39, 0.29) is 12.5 Å². The normalized spacial score (nSPS) is 10.8. The van der Waals surface area contributed by atoms with Crippen molar-refractivity contribution in [2.45, 2.75) is 13.0 Å². The van der Waals surface area contributed by atoms with Crippen LogP contribution in [-0.4, -0.2) is 41.0 Å². The van der Waals surface area contributed by atoms with Crippen molar-refractivity contribution in [3.63, 3.8) is 0 Å². The van der Waals surface area contributed by atoms with Crippen LogP contribution in [0.1, 0.15) is 12.1 Å². The van der Waals surface area contributed by atoms with E-state index in [1.165, 1.54) is 11.3 Å². The molecule has 0 aliphatic heterocycles. The van der Waals surface area contributed by atoms with Crippen LogP contribution in [0.15, 0.2) is 11.6 Å². The highest BCUT2D eigenvalue weighted by molar-refractivity contribution is 7.15. The van der Waals surface area contributed by atoms with Crippen molar-refractivity contribution >= 4 is 28.0 Å². The minimum atomic E-state index is -0.0719. The Balaban J connectivity index is 2.18. The quantitative estimate of drug-likeness (QED) is 0.826. The van der Waals surface area contributed by atoms with Crippen LogP contribution < -0.4 is 10.2 Å². The minimum Gasteiger partial charge on any atom is -0.390 e. The molecule has 7 heteroatoms. The molecule has 0 saturated carbocycles. The summed E-state index contributed by atoms with van der Waals surface area (Å²) < 4.78 is 1.87. The first-order chi connectivity index (χ1) is 8.67. The van der Waals surface area contributed by atoms with Crippen LogP contribution in [0.3, 0.4) is 0 Å². The molecule has 0 saturated heterocycles. The number of thiazole rings is 1. The molecule has 2 N–H and O–H groups in total. The summed E-state index contributed by atoms with van der Waals surface area (Å²) in [6, 6.07) is 0. The topological polar surface area (TPSA) is 69.9 Å². The van der Waals surface area contributed by atoms with Gasteiger partial charge in [-0.15, -0.1) is 11.3 Å². The number of fused-ring (bicyclic) bond motifs is 1. The van der Waals surface area contributed by atoms with E-state index in [1.807, 2.05) is 27.9 Å². The average molecular weight is 268 g/mol. The molecule has 0 aliphatic carbocycles. The fourth-order valence-corrected chi connectivity index (χ4v) is 2.50. The van der Waals surface area contributed by atoms with Gasteiger partial charge in [-0.25, -0.2) is 4.98 Å². The van der Waals surface area contributed by atoms with Gasteiger partial charge >= 0.3 is 0 Å². The number of aliphatic hydroxyl groups is 1. The fourth-order valence-electron chi connectivity index (χ4n) is 1.77. The summed E-state index contributed by atoms with van der Waals surface area (Å²) in [4.78, 5) is 18.4. The van der Waals surface area contributed by atoms with Crippen molar-refractivity contribution in [1.82, 2.24) is 14.7 Å². The van der Waals surface area contributed by atoms with E-state index in [0.717, 1.165) is 16.5 Å². The van der Waals surface area contributed by atoms with Crippen LogP contribution in [0.5, 0.6) is 0 Å². The predicted molar refractivity (Wildman–Crippen MR) is 70.9 cm³/mol. The van der Waals surface area contributed by atoms with Crippen molar-refractivity contribution in [2.75, 3.05) is 25.5 Å². The molecule has 0 radical (unpaired) electrons. The van der Waals surface area contributed by atoms with Gasteiger partial charge in [-0.05, 0) is 0 Å². The van der Waals surface area contributed by atoms with Gasteiger partial charge in [-0.3, -0.25) is 9.20 Å². The maximum atomic E-state index is 11.2.